The zero-order chi connectivity index (χ0) is 11.8. The summed E-state index contributed by atoms with van der Waals surface area (Å²) in [4.78, 5) is 4.58. The number of thiocarbonyl (C=S) groups is 1. The van der Waals surface area contributed by atoms with E-state index in [-0.39, 0.29) is 0 Å². The molecule has 1 rings (SSSR count). The maximum Gasteiger partial charge on any atom is 0.136 e. The largest absolute Gasteiger partial charge is 0.389 e. The molecule has 0 radical (unpaired) electrons. The van der Waals surface area contributed by atoms with Crippen LogP contribution in [0.5, 0.6) is 0 Å². The van der Waals surface area contributed by atoms with Crippen molar-refractivity contribution in [3.8, 4) is 0 Å². The number of nitrogens with zero attached hydrogens (tertiary/aromatic N) is 1. The number of aromatic nitrogens is 1. The minimum Gasteiger partial charge on any atom is -0.389 e. The molecule has 0 aliphatic carbocycles. The lowest BCUT2D eigenvalue weighted by molar-refractivity contribution is 0.194. The molecule has 0 aromatic carbocycles. The van der Waals surface area contributed by atoms with Crippen molar-refractivity contribution >= 4 is 23.0 Å². The number of pyridine rings is 1. The lowest BCUT2D eigenvalue weighted by Crippen LogP contribution is -2.15. The summed E-state index contributed by atoms with van der Waals surface area (Å²) < 4.78 is 4.97. The van der Waals surface area contributed by atoms with Crippen molar-refractivity contribution in [2.24, 2.45) is 5.73 Å². The van der Waals surface area contributed by atoms with Gasteiger partial charge in [-0.3, -0.25) is 0 Å². The Bertz CT molecular complexity index is 344. The Morgan fingerprint density at radius 2 is 2.38 bits per heavy atom. The Morgan fingerprint density at radius 1 is 1.56 bits per heavy atom. The van der Waals surface area contributed by atoms with Crippen LogP contribution in [0.1, 0.15) is 18.4 Å². The Labute approximate surface area is 101 Å². The molecule has 1 heterocycles. The van der Waals surface area contributed by atoms with Gasteiger partial charge >= 0.3 is 0 Å². The zero-order valence-electron chi connectivity index (χ0n) is 9.40. The number of rotatable bonds is 7. The average molecular weight is 239 g/mol. The van der Waals surface area contributed by atoms with E-state index in [1.54, 1.807) is 13.3 Å². The van der Waals surface area contributed by atoms with Crippen molar-refractivity contribution in [3.63, 3.8) is 0 Å². The lowest BCUT2D eigenvalue weighted by Gasteiger charge is -2.09. The van der Waals surface area contributed by atoms with Gasteiger partial charge in [0, 0.05) is 26.5 Å². The van der Waals surface area contributed by atoms with Crippen LogP contribution in [0.15, 0.2) is 18.3 Å². The number of nitrogens with two attached hydrogens (primary N) is 1. The fourth-order valence-corrected chi connectivity index (χ4v) is 1.49. The SMILES string of the molecule is COCCCCNc1ncccc1C(N)=S. The minimum absolute atomic E-state index is 0.368. The van der Waals surface area contributed by atoms with Gasteiger partial charge in [-0.2, -0.15) is 0 Å². The van der Waals surface area contributed by atoms with Gasteiger partial charge in [0.25, 0.3) is 0 Å². The fourth-order valence-electron chi connectivity index (χ4n) is 1.32. The van der Waals surface area contributed by atoms with Gasteiger partial charge in [0.2, 0.25) is 0 Å². The molecule has 0 unspecified atom stereocenters. The van der Waals surface area contributed by atoms with E-state index in [1.165, 1.54) is 0 Å². The highest BCUT2D eigenvalue weighted by atomic mass is 32.1. The molecule has 0 aliphatic heterocycles. The molecule has 4 nitrogen and oxygen atoms in total. The summed E-state index contributed by atoms with van der Waals surface area (Å²) in [6.45, 7) is 1.63. The summed E-state index contributed by atoms with van der Waals surface area (Å²) in [7, 11) is 1.71. The molecular formula is C11H17N3OS. The molecule has 0 saturated carbocycles. The van der Waals surface area contributed by atoms with Gasteiger partial charge in [-0.1, -0.05) is 12.2 Å². The van der Waals surface area contributed by atoms with Crippen LogP contribution in [0.25, 0.3) is 0 Å². The topological polar surface area (TPSA) is 60.2 Å². The third-order valence-corrected chi connectivity index (χ3v) is 2.36. The molecule has 0 amide bonds. The molecule has 0 spiro atoms. The van der Waals surface area contributed by atoms with E-state index in [9.17, 15) is 0 Å². The highest BCUT2D eigenvalue weighted by Crippen LogP contribution is 2.10. The summed E-state index contributed by atoms with van der Waals surface area (Å²) in [6.07, 6.45) is 3.78. The van der Waals surface area contributed by atoms with Gasteiger partial charge in [0.05, 0.1) is 5.56 Å². The fraction of sp³-hybridized carbons (Fsp3) is 0.455. The second kappa shape index (κ2) is 7.14. The van der Waals surface area contributed by atoms with Gasteiger partial charge in [0.15, 0.2) is 0 Å². The molecule has 0 bridgehead atoms. The molecule has 1 aromatic rings. The number of nitrogens with one attached hydrogen (secondary N) is 1. The number of methoxy groups -OCH3 is 1. The van der Waals surface area contributed by atoms with Crippen LogP contribution in [0.2, 0.25) is 0 Å². The van der Waals surface area contributed by atoms with E-state index in [0.29, 0.717) is 4.99 Å². The van der Waals surface area contributed by atoms with Crippen LogP contribution in [-0.2, 0) is 4.74 Å². The number of hydrogen-bond acceptors (Lipinski definition) is 4. The second-order valence-electron chi connectivity index (χ2n) is 3.39. The van der Waals surface area contributed by atoms with Gasteiger partial charge < -0.3 is 15.8 Å². The number of anilines is 1. The third kappa shape index (κ3) is 4.12. The minimum atomic E-state index is 0.368. The summed E-state index contributed by atoms with van der Waals surface area (Å²) in [5.74, 6) is 0.757. The normalized spacial score (nSPS) is 10.1. The van der Waals surface area contributed by atoms with Gasteiger partial charge in [0.1, 0.15) is 10.8 Å². The quantitative estimate of drug-likeness (QED) is 0.558. The average Bonchev–Trinajstić information content (AvgIpc) is 2.29. The first-order valence-electron chi connectivity index (χ1n) is 5.23. The van der Waals surface area contributed by atoms with E-state index in [0.717, 1.165) is 37.4 Å². The maximum absolute atomic E-state index is 5.60. The van der Waals surface area contributed by atoms with E-state index >= 15 is 0 Å². The third-order valence-electron chi connectivity index (χ3n) is 2.14. The molecule has 1 aromatic heterocycles. The number of ether oxygens (including phenoxy) is 1. The lowest BCUT2D eigenvalue weighted by atomic mass is 10.2. The van der Waals surface area contributed by atoms with Crippen LogP contribution in [0, 0.1) is 0 Å². The van der Waals surface area contributed by atoms with Crippen LogP contribution in [-0.4, -0.2) is 30.2 Å². The Kier molecular flexibility index (Phi) is 5.74. The van der Waals surface area contributed by atoms with E-state index in [2.05, 4.69) is 10.3 Å². The number of hydrogen-bond donors (Lipinski definition) is 2. The highest BCUT2D eigenvalue weighted by molar-refractivity contribution is 7.80. The molecule has 5 heteroatoms. The van der Waals surface area contributed by atoms with Gasteiger partial charge in [-0.15, -0.1) is 0 Å². The maximum atomic E-state index is 5.60. The smallest absolute Gasteiger partial charge is 0.136 e. The van der Waals surface area contributed by atoms with Crippen molar-refractivity contribution in [1.82, 2.24) is 4.98 Å². The Balaban J connectivity index is 2.44. The van der Waals surface area contributed by atoms with Crippen molar-refractivity contribution in [3.05, 3.63) is 23.9 Å². The van der Waals surface area contributed by atoms with E-state index < -0.39 is 0 Å². The molecule has 88 valence electrons. The Hall–Kier alpha value is -1.20. The van der Waals surface area contributed by atoms with E-state index in [4.69, 9.17) is 22.7 Å². The van der Waals surface area contributed by atoms with Crippen LogP contribution >= 0.6 is 12.2 Å². The van der Waals surface area contributed by atoms with Gasteiger partial charge in [-0.25, -0.2) is 4.98 Å². The van der Waals surface area contributed by atoms with Crippen molar-refractivity contribution in [2.45, 2.75) is 12.8 Å². The van der Waals surface area contributed by atoms with Crippen molar-refractivity contribution in [1.29, 1.82) is 0 Å². The molecule has 3 N–H and O–H groups in total. The summed E-state index contributed by atoms with van der Waals surface area (Å²) in [5, 5.41) is 3.22. The summed E-state index contributed by atoms with van der Waals surface area (Å²) in [6, 6.07) is 3.69. The van der Waals surface area contributed by atoms with Crippen molar-refractivity contribution < 1.29 is 4.74 Å². The molecule has 0 atom stereocenters. The molecular weight excluding hydrogens is 222 g/mol. The molecule has 0 fully saturated rings. The second-order valence-corrected chi connectivity index (χ2v) is 3.83. The highest BCUT2D eigenvalue weighted by Gasteiger charge is 2.04. The first-order chi connectivity index (χ1) is 7.75. The first-order valence-corrected chi connectivity index (χ1v) is 5.64. The summed E-state index contributed by atoms with van der Waals surface area (Å²) in [5.41, 5.74) is 6.39. The monoisotopic (exact) mass is 239 g/mol. The van der Waals surface area contributed by atoms with E-state index in [1.807, 2.05) is 12.1 Å². The zero-order valence-corrected chi connectivity index (χ0v) is 10.2. The molecule has 0 saturated heterocycles. The first kappa shape index (κ1) is 12.9. The Morgan fingerprint density at radius 3 is 3.06 bits per heavy atom. The predicted molar refractivity (Wildman–Crippen MR) is 69.7 cm³/mol. The molecule has 0 aliphatic rings. The van der Waals surface area contributed by atoms with Gasteiger partial charge in [-0.05, 0) is 25.0 Å². The standard InChI is InChI=1S/C11H17N3OS/c1-15-8-3-2-6-13-11-9(10(12)16)5-4-7-14-11/h4-5,7H,2-3,6,8H2,1H3,(H2,12,16)(H,13,14). The van der Waals surface area contributed by atoms with Crippen LogP contribution < -0.4 is 11.1 Å². The number of unbranched alkanes of at least 4 members (excludes halogenated alkanes) is 1. The van der Waals surface area contributed by atoms with Crippen LogP contribution in [0.3, 0.4) is 0 Å². The van der Waals surface area contributed by atoms with Crippen LogP contribution in [0.4, 0.5) is 5.82 Å². The van der Waals surface area contributed by atoms with Crippen molar-refractivity contribution in [2.75, 3.05) is 25.6 Å². The molecule has 16 heavy (non-hydrogen) atoms. The summed E-state index contributed by atoms with van der Waals surface area (Å²) >= 11 is 4.95. The predicted octanol–water partition coefficient (Wildman–Crippen LogP) is 1.55.